The maximum atomic E-state index is 12.8. The fourth-order valence-corrected chi connectivity index (χ4v) is 2.21. The SMILES string of the molecule is O=C(CCNc1ccccc1C(F)(F)F)NCc1ccc(Cl)cc1. The first-order chi connectivity index (χ1) is 11.4. The first kappa shape index (κ1) is 18.1. The van der Waals surface area contributed by atoms with Gasteiger partial charge in [0, 0.05) is 30.2 Å². The number of halogens is 4. The van der Waals surface area contributed by atoms with E-state index in [9.17, 15) is 18.0 Å². The molecule has 0 aliphatic carbocycles. The molecule has 0 spiro atoms. The first-order valence-electron chi connectivity index (χ1n) is 7.27. The lowest BCUT2D eigenvalue weighted by Crippen LogP contribution is -2.25. The Morgan fingerprint density at radius 3 is 2.38 bits per heavy atom. The number of carbonyl (C=O) groups is 1. The summed E-state index contributed by atoms with van der Waals surface area (Å²) in [5, 5.41) is 5.97. The van der Waals surface area contributed by atoms with Crippen LogP contribution in [0.4, 0.5) is 18.9 Å². The summed E-state index contributed by atoms with van der Waals surface area (Å²) < 4.78 is 38.5. The van der Waals surface area contributed by atoms with Gasteiger partial charge in [-0.05, 0) is 29.8 Å². The molecule has 0 fully saturated rings. The summed E-state index contributed by atoms with van der Waals surface area (Å²) in [5.74, 6) is -0.248. The van der Waals surface area contributed by atoms with E-state index >= 15 is 0 Å². The standard InChI is InChI=1S/C17H16ClF3N2O/c18-13-7-5-12(6-8-13)11-23-16(24)9-10-22-15-4-2-1-3-14(15)17(19,20)21/h1-8,22H,9-11H2,(H,23,24). The lowest BCUT2D eigenvalue weighted by molar-refractivity contribution is -0.137. The summed E-state index contributed by atoms with van der Waals surface area (Å²) in [6, 6.07) is 12.2. The summed E-state index contributed by atoms with van der Waals surface area (Å²) in [4.78, 5) is 11.8. The number of rotatable bonds is 6. The smallest absolute Gasteiger partial charge is 0.384 e. The van der Waals surface area contributed by atoms with Gasteiger partial charge in [-0.25, -0.2) is 0 Å². The molecule has 2 rings (SSSR count). The molecule has 0 atom stereocenters. The fourth-order valence-electron chi connectivity index (χ4n) is 2.09. The van der Waals surface area contributed by atoms with Gasteiger partial charge in [0.05, 0.1) is 5.56 Å². The van der Waals surface area contributed by atoms with Crippen LogP contribution in [0.2, 0.25) is 5.02 Å². The summed E-state index contributed by atoms with van der Waals surface area (Å²) in [6.45, 7) is 0.453. The molecule has 0 aromatic heterocycles. The zero-order valence-corrected chi connectivity index (χ0v) is 13.4. The van der Waals surface area contributed by atoms with Crippen molar-refractivity contribution in [3.63, 3.8) is 0 Å². The number of alkyl halides is 3. The lowest BCUT2D eigenvalue weighted by atomic mass is 10.1. The predicted octanol–water partition coefficient (Wildman–Crippen LogP) is 4.48. The molecule has 0 aliphatic heterocycles. The third-order valence-electron chi connectivity index (χ3n) is 3.30. The van der Waals surface area contributed by atoms with Crippen LogP contribution in [0.5, 0.6) is 0 Å². The van der Waals surface area contributed by atoms with E-state index in [0.29, 0.717) is 11.6 Å². The zero-order valence-electron chi connectivity index (χ0n) is 12.7. The molecule has 0 saturated carbocycles. The van der Waals surface area contributed by atoms with Crippen molar-refractivity contribution < 1.29 is 18.0 Å². The van der Waals surface area contributed by atoms with Crippen molar-refractivity contribution in [2.24, 2.45) is 0 Å². The van der Waals surface area contributed by atoms with E-state index < -0.39 is 11.7 Å². The van der Waals surface area contributed by atoms with Crippen LogP contribution in [0.15, 0.2) is 48.5 Å². The molecule has 7 heteroatoms. The third kappa shape index (κ3) is 5.45. The van der Waals surface area contributed by atoms with Gasteiger partial charge in [-0.3, -0.25) is 4.79 Å². The number of anilines is 1. The minimum Gasteiger partial charge on any atom is -0.384 e. The summed E-state index contributed by atoms with van der Waals surface area (Å²) in [5.41, 5.74) is 0.116. The minimum absolute atomic E-state index is 0.0319. The van der Waals surface area contributed by atoms with Crippen LogP contribution in [0.1, 0.15) is 17.5 Å². The zero-order chi connectivity index (χ0) is 17.6. The van der Waals surface area contributed by atoms with E-state index in [1.54, 1.807) is 24.3 Å². The summed E-state index contributed by atoms with van der Waals surface area (Å²) >= 11 is 5.77. The van der Waals surface area contributed by atoms with Crippen molar-refractivity contribution >= 4 is 23.2 Å². The van der Waals surface area contributed by atoms with Crippen LogP contribution < -0.4 is 10.6 Å². The molecule has 3 nitrogen and oxygen atoms in total. The first-order valence-corrected chi connectivity index (χ1v) is 7.65. The van der Waals surface area contributed by atoms with Crippen molar-refractivity contribution in [1.82, 2.24) is 5.32 Å². The molecular weight excluding hydrogens is 341 g/mol. The van der Waals surface area contributed by atoms with Crippen molar-refractivity contribution in [1.29, 1.82) is 0 Å². The molecule has 0 heterocycles. The Labute approximate surface area is 142 Å². The van der Waals surface area contributed by atoms with Gasteiger partial charge in [0.15, 0.2) is 0 Å². The highest BCUT2D eigenvalue weighted by atomic mass is 35.5. The maximum Gasteiger partial charge on any atom is 0.418 e. The van der Waals surface area contributed by atoms with E-state index in [2.05, 4.69) is 10.6 Å². The molecule has 0 unspecified atom stereocenters. The number of amides is 1. The predicted molar refractivity (Wildman–Crippen MR) is 87.8 cm³/mol. The number of benzene rings is 2. The molecule has 2 aromatic rings. The number of carbonyl (C=O) groups excluding carboxylic acids is 1. The highest BCUT2D eigenvalue weighted by Gasteiger charge is 2.32. The molecule has 0 bridgehead atoms. The van der Waals surface area contributed by atoms with Gasteiger partial charge in [0.2, 0.25) is 5.91 Å². The van der Waals surface area contributed by atoms with Gasteiger partial charge in [0.25, 0.3) is 0 Å². The van der Waals surface area contributed by atoms with E-state index in [1.165, 1.54) is 18.2 Å². The van der Waals surface area contributed by atoms with Crippen LogP contribution in [0, 0.1) is 0 Å². The van der Waals surface area contributed by atoms with Crippen LogP contribution in [0.3, 0.4) is 0 Å². The highest BCUT2D eigenvalue weighted by molar-refractivity contribution is 6.30. The summed E-state index contributed by atoms with van der Waals surface area (Å²) in [6.07, 6.45) is -4.36. The number of hydrogen-bond donors (Lipinski definition) is 2. The Bertz CT molecular complexity index is 687. The van der Waals surface area contributed by atoms with Gasteiger partial charge in [-0.15, -0.1) is 0 Å². The second-order valence-corrected chi connectivity index (χ2v) is 5.56. The normalized spacial score (nSPS) is 11.2. The van der Waals surface area contributed by atoms with E-state index in [0.717, 1.165) is 11.6 Å². The van der Waals surface area contributed by atoms with Gasteiger partial charge >= 0.3 is 6.18 Å². The average Bonchev–Trinajstić information content (AvgIpc) is 2.54. The van der Waals surface area contributed by atoms with Gasteiger partial charge in [-0.1, -0.05) is 35.9 Å². The molecule has 0 saturated heterocycles. The van der Waals surface area contributed by atoms with Crippen LogP contribution in [-0.4, -0.2) is 12.5 Å². The Morgan fingerprint density at radius 2 is 1.71 bits per heavy atom. The van der Waals surface area contributed by atoms with E-state index in [-0.39, 0.29) is 24.6 Å². The average molecular weight is 357 g/mol. The van der Waals surface area contributed by atoms with Gasteiger partial charge in [0.1, 0.15) is 0 Å². The van der Waals surface area contributed by atoms with Crippen LogP contribution in [0.25, 0.3) is 0 Å². The molecule has 128 valence electrons. The topological polar surface area (TPSA) is 41.1 Å². The van der Waals surface area contributed by atoms with Crippen molar-refractivity contribution in [3.05, 3.63) is 64.7 Å². The van der Waals surface area contributed by atoms with Crippen LogP contribution in [-0.2, 0) is 17.5 Å². The Kier molecular flexibility index (Phi) is 6.09. The van der Waals surface area contributed by atoms with Crippen molar-refractivity contribution in [2.45, 2.75) is 19.1 Å². The Hall–Kier alpha value is -2.21. The molecule has 0 radical (unpaired) electrons. The molecule has 2 N–H and O–H groups in total. The van der Waals surface area contributed by atoms with E-state index in [4.69, 9.17) is 11.6 Å². The van der Waals surface area contributed by atoms with Gasteiger partial charge in [-0.2, -0.15) is 13.2 Å². The largest absolute Gasteiger partial charge is 0.418 e. The summed E-state index contributed by atoms with van der Waals surface area (Å²) in [7, 11) is 0. The minimum atomic E-state index is -4.43. The quantitative estimate of drug-likeness (QED) is 0.801. The van der Waals surface area contributed by atoms with Crippen molar-refractivity contribution in [2.75, 3.05) is 11.9 Å². The molecule has 24 heavy (non-hydrogen) atoms. The Balaban J connectivity index is 1.80. The number of para-hydroxylation sites is 1. The lowest BCUT2D eigenvalue weighted by Gasteiger charge is -2.14. The number of nitrogens with one attached hydrogen (secondary N) is 2. The number of hydrogen-bond acceptors (Lipinski definition) is 2. The molecule has 2 aromatic carbocycles. The molecule has 0 aliphatic rings. The van der Waals surface area contributed by atoms with Crippen molar-refractivity contribution in [3.8, 4) is 0 Å². The van der Waals surface area contributed by atoms with E-state index in [1.807, 2.05) is 0 Å². The second-order valence-electron chi connectivity index (χ2n) is 5.12. The second kappa shape index (κ2) is 8.06. The Morgan fingerprint density at radius 1 is 1.04 bits per heavy atom. The fraction of sp³-hybridized carbons (Fsp3) is 0.235. The van der Waals surface area contributed by atoms with Gasteiger partial charge < -0.3 is 10.6 Å². The maximum absolute atomic E-state index is 12.8. The van der Waals surface area contributed by atoms with Crippen LogP contribution >= 0.6 is 11.6 Å². The molecular formula is C17H16ClF3N2O. The third-order valence-corrected chi connectivity index (χ3v) is 3.55. The molecule has 1 amide bonds. The monoisotopic (exact) mass is 356 g/mol. The highest BCUT2D eigenvalue weighted by Crippen LogP contribution is 2.34.